The van der Waals surface area contributed by atoms with Crippen molar-refractivity contribution in [3.05, 3.63) is 34.9 Å². The summed E-state index contributed by atoms with van der Waals surface area (Å²) in [6, 6.07) is 6.69. The van der Waals surface area contributed by atoms with Crippen molar-refractivity contribution < 1.29 is 13.6 Å². The monoisotopic (exact) mass is 245 g/mol. The first kappa shape index (κ1) is 10.4. The molecule has 3 atom stereocenters. The van der Waals surface area contributed by atoms with Gasteiger partial charge in [-0.3, -0.25) is 4.84 Å². The molecule has 0 amide bonds. The Kier molecular flexibility index (Phi) is 2.21. The van der Waals surface area contributed by atoms with Crippen molar-refractivity contribution in [1.29, 1.82) is 0 Å². The SMILES string of the molecule is FC(F)C1(c2ccccc2Cl)NO[C@@H]2CC21. The molecule has 1 aromatic carbocycles. The average molecular weight is 246 g/mol. The second kappa shape index (κ2) is 3.39. The number of nitrogens with one attached hydrogen (secondary N) is 1. The molecule has 1 heterocycles. The van der Waals surface area contributed by atoms with Crippen LogP contribution < -0.4 is 5.48 Å². The van der Waals surface area contributed by atoms with E-state index in [1.807, 2.05) is 0 Å². The third kappa shape index (κ3) is 1.24. The summed E-state index contributed by atoms with van der Waals surface area (Å²) >= 11 is 5.99. The first-order valence-corrected chi connectivity index (χ1v) is 5.50. The van der Waals surface area contributed by atoms with Crippen LogP contribution in [0.1, 0.15) is 12.0 Å². The Balaban J connectivity index is 2.11. The Labute approximate surface area is 96.5 Å². The Morgan fingerprint density at radius 2 is 2.19 bits per heavy atom. The molecule has 1 saturated carbocycles. The van der Waals surface area contributed by atoms with E-state index in [0.717, 1.165) is 0 Å². The number of rotatable bonds is 2. The van der Waals surface area contributed by atoms with Crippen LogP contribution in [0.25, 0.3) is 0 Å². The quantitative estimate of drug-likeness (QED) is 0.865. The van der Waals surface area contributed by atoms with Crippen molar-refractivity contribution >= 4 is 11.6 Å². The maximum Gasteiger partial charge on any atom is 0.263 e. The molecule has 2 aliphatic rings. The average Bonchev–Trinajstić information content (AvgIpc) is 2.94. The highest BCUT2D eigenvalue weighted by Gasteiger charge is 2.65. The van der Waals surface area contributed by atoms with Crippen LogP contribution in [0.5, 0.6) is 0 Å². The summed E-state index contributed by atoms with van der Waals surface area (Å²) in [6.07, 6.45) is -1.96. The minimum Gasteiger partial charge on any atom is -0.297 e. The lowest BCUT2D eigenvalue weighted by Crippen LogP contribution is -2.46. The van der Waals surface area contributed by atoms with E-state index in [2.05, 4.69) is 5.48 Å². The highest BCUT2D eigenvalue weighted by molar-refractivity contribution is 6.31. The van der Waals surface area contributed by atoms with Crippen LogP contribution in [0.2, 0.25) is 5.02 Å². The van der Waals surface area contributed by atoms with Gasteiger partial charge >= 0.3 is 0 Å². The van der Waals surface area contributed by atoms with E-state index in [1.54, 1.807) is 24.3 Å². The van der Waals surface area contributed by atoms with Gasteiger partial charge in [-0.05, 0) is 18.1 Å². The molecule has 5 heteroatoms. The zero-order chi connectivity index (χ0) is 11.3. The predicted octanol–water partition coefficient (Wildman–Crippen LogP) is 2.72. The minimum atomic E-state index is -2.54. The normalized spacial score (nSPS) is 36.5. The lowest BCUT2D eigenvalue weighted by atomic mass is 9.86. The molecule has 86 valence electrons. The maximum absolute atomic E-state index is 13.3. The van der Waals surface area contributed by atoms with Crippen LogP contribution in [-0.4, -0.2) is 12.5 Å². The van der Waals surface area contributed by atoms with E-state index in [4.69, 9.17) is 16.4 Å². The molecule has 1 saturated heterocycles. The predicted molar refractivity (Wildman–Crippen MR) is 55.2 cm³/mol. The summed E-state index contributed by atoms with van der Waals surface area (Å²) < 4.78 is 26.7. The third-order valence-electron chi connectivity index (χ3n) is 3.36. The van der Waals surface area contributed by atoms with Crippen molar-refractivity contribution in [3.8, 4) is 0 Å². The minimum absolute atomic E-state index is 0.0923. The second-order valence-electron chi connectivity index (χ2n) is 4.25. The number of halogens is 3. The number of benzene rings is 1. The second-order valence-corrected chi connectivity index (χ2v) is 4.66. The highest BCUT2D eigenvalue weighted by Crippen LogP contribution is 2.56. The van der Waals surface area contributed by atoms with Crippen LogP contribution >= 0.6 is 11.6 Å². The fraction of sp³-hybridized carbons (Fsp3) is 0.455. The fourth-order valence-electron chi connectivity index (χ4n) is 2.41. The Morgan fingerprint density at radius 1 is 1.44 bits per heavy atom. The van der Waals surface area contributed by atoms with Crippen molar-refractivity contribution in [2.24, 2.45) is 5.92 Å². The van der Waals surface area contributed by atoms with E-state index < -0.39 is 12.0 Å². The molecule has 16 heavy (non-hydrogen) atoms. The first-order valence-electron chi connectivity index (χ1n) is 5.12. The number of fused-ring (bicyclic) bond motifs is 1. The van der Waals surface area contributed by atoms with Gasteiger partial charge in [0.25, 0.3) is 6.43 Å². The van der Waals surface area contributed by atoms with Crippen molar-refractivity contribution in [2.45, 2.75) is 24.5 Å². The van der Waals surface area contributed by atoms with Crippen LogP contribution in [0, 0.1) is 5.92 Å². The fourth-order valence-corrected chi connectivity index (χ4v) is 2.70. The molecule has 1 aliphatic carbocycles. The van der Waals surface area contributed by atoms with Gasteiger partial charge in [-0.1, -0.05) is 29.8 Å². The Hall–Kier alpha value is -0.710. The van der Waals surface area contributed by atoms with Gasteiger partial charge in [-0.25, -0.2) is 8.78 Å². The van der Waals surface area contributed by atoms with Gasteiger partial charge < -0.3 is 0 Å². The number of alkyl halides is 2. The van der Waals surface area contributed by atoms with Gasteiger partial charge in [-0.2, -0.15) is 5.48 Å². The smallest absolute Gasteiger partial charge is 0.263 e. The number of hydroxylamine groups is 1. The summed E-state index contributed by atoms with van der Waals surface area (Å²) in [4.78, 5) is 5.12. The highest BCUT2D eigenvalue weighted by atomic mass is 35.5. The van der Waals surface area contributed by atoms with Gasteiger partial charge in [0.2, 0.25) is 0 Å². The van der Waals surface area contributed by atoms with Crippen LogP contribution in [0.15, 0.2) is 24.3 Å². The van der Waals surface area contributed by atoms with Gasteiger partial charge in [0.15, 0.2) is 0 Å². The van der Waals surface area contributed by atoms with Crippen LogP contribution in [0.4, 0.5) is 8.78 Å². The molecule has 2 nitrogen and oxygen atoms in total. The molecule has 0 spiro atoms. The molecule has 0 bridgehead atoms. The Morgan fingerprint density at radius 3 is 2.69 bits per heavy atom. The summed E-state index contributed by atoms with van der Waals surface area (Å²) in [6.45, 7) is 0. The van der Waals surface area contributed by atoms with E-state index in [0.29, 0.717) is 17.0 Å². The number of hydrogen-bond acceptors (Lipinski definition) is 2. The zero-order valence-corrected chi connectivity index (χ0v) is 9.05. The molecule has 1 aliphatic heterocycles. The lowest BCUT2D eigenvalue weighted by Gasteiger charge is -2.30. The van der Waals surface area contributed by atoms with Gasteiger partial charge in [0, 0.05) is 10.9 Å². The standard InChI is InChI=1S/C11H10ClF2NO/c12-8-4-2-1-3-6(8)11(10(13)14)7-5-9(7)16-15-11/h1-4,7,9-10,15H,5H2/t7?,9-,11?/m1/s1. The van der Waals surface area contributed by atoms with Gasteiger partial charge in [-0.15, -0.1) is 0 Å². The summed E-state index contributed by atoms with van der Waals surface area (Å²) in [5.41, 5.74) is 1.49. The van der Waals surface area contributed by atoms with Crippen LogP contribution in [0.3, 0.4) is 0 Å². The molecule has 0 radical (unpaired) electrons. The van der Waals surface area contributed by atoms with Gasteiger partial charge in [0.1, 0.15) is 5.54 Å². The molecule has 2 unspecified atom stereocenters. The van der Waals surface area contributed by atoms with Crippen LogP contribution in [-0.2, 0) is 10.4 Å². The summed E-state index contributed by atoms with van der Waals surface area (Å²) in [5, 5.41) is 0.353. The van der Waals surface area contributed by atoms with E-state index >= 15 is 0 Å². The molecule has 3 rings (SSSR count). The van der Waals surface area contributed by atoms with Crippen molar-refractivity contribution in [2.75, 3.05) is 0 Å². The lowest BCUT2D eigenvalue weighted by molar-refractivity contribution is -0.0552. The van der Waals surface area contributed by atoms with E-state index in [1.165, 1.54) is 0 Å². The molecule has 2 fully saturated rings. The zero-order valence-electron chi connectivity index (χ0n) is 8.29. The van der Waals surface area contributed by atoms with Gasteiger partial charge in [0.05, 0.1) is 6.10 Å². The van der Waals surface area contributed by atoms with Crippen molar-refractivity contribution in [3.63, 3.8) is 0 Å². The van der Waals surface area contributed by atoms with E-state index in [9.17, 15) is 8.78 Å². The van der Waals surface area contributed by atoms with E-state index in [-0.39, 0.29) is 12.0 Å². The third-order valence-corrected chi connectivity index (χ3v) is 3.69. The first-order chi connectivity index (χ1) is 7.66. The molecular formula is C11H10ClF2NO. The molecule has 1 N–H and O–H groups in total. The summed E-state index contributed by atoms with van der Waals surface area (Å²) in [5.74, 6) is -0.174. The molecular weight excluding hydrogens is 236 g/mol. The van der Waals surface area contributed by atoms with Crippen molar-refractivity contribution in [1.82, 2.24) is 5.48 Å². The molecule has 0 aromatic heterocycles. The maximum atomic E-state index is 13.3. The summed E-state index contributed by atoms with van der Waals surface area (Å²) in [7, 11) is 0. The molecule has 1 aromatic rings. The Bertz CT molecular complexity index is 428. The largest absolute Gasteiger partial charge is 0.297 e. The topological polar surface area (TPSA) is 21.3 Å². The number of hydrogen-bond donors (Lipinski definition) is 1.